The monoisotopic (exact) mass is 380 g/mol. The summed E-state index contributed by atoms with van der Waals surface area (Å²) >= 11 is 0. The molecule has 7 heteroatoms. The van der Waals surface area contributed by atoms with Crippen molar-refractivity contribution in [1.82, 2.24) is 5.32 Å². The van der Waals surface area contributed by atoms with Crippen LogP contribution in [0.1, 0.15) is 24.0 Å². The minimum Gasteiger partial charge on any atom is -0.496 e. The van der Waals surface area contributed by atoms with E-state index in [4.69, 9.17) is 10.5 Å². The lowest BCUT2D eigenvalue weighted by Crippen LogP contribution is -2.60. The highest BCUT2D eigenvalue weighted by molar-refractivity contribution is 5.43. The van der Waals surface area contributed by atoms with Gasteiger partial charge in [0.1, 0.15) is 11.5 Å². The molecule has 2 aromatic carbocycles. The maximum absolute atomic E-state index is 12.6. The Hall–Kier alpha value is -2.25. The second kappa shape index (κ2) is 7.78. The highest BCUT2D eigenvalue weighted by atomic mass is 19.4. The van der Waals surface area contributed by atoms with Crippen molar-refractivity contribution in [3.63, 3.8) is 0 Å². The lowest BCUT2D eigenvalue weighted by atomic mass is 9.74. The lowest BCUT2D eigenvalue weighted by Gasteiger charge is -2.44. The molecule has 3 rings (SSSR count). The zero-order valence-electron chi connectivity index (χ0n) is 15.1. The first kappa shape index (κ1) is 19.5. The molecule has 1 aliphatic heterocycles. The Labute approximate surface area is 156 Å². The van der Waals surface area contributed by atoms with Gasteiger partial charge >= 0.3 is 6.36 Å². The van der Waals surface area contributed by atoms with Gasteiger partial charge in [0.2, 0.25) is 0 Å². The number of benzene rings is 2. The smallest absolute Gasteiger partial charge is 0.496 e. The largest absolute Gasteiger partial charge is 0.573 e. The van der Waals surface area contributed by atoms with Gasteiger partial charge in [0, 0.05) is 18.0 Å². The third-order valence-corrected chi connectivity index (χ3v) is 5.01. The van der Waals surface area contributed by atoms with Crippen molar-refractivity contribution in [2.24, 2.45) is 5.73 Å². The van der Waals surface area contributed by atoms with Gasteiger partial charge in [-0.25, -0.2) is 0 Å². The number of rotatable bonds is 5. The second-order valence-corrected chi connectivity index (χ2v) is 6.71. The van der Waals surface area contributed by atoms with Gasteiger partial charge < -0.3 is 20.5 Å². The number of alkyl halides is 3. The highest BCUT2D eigenvalue weighted by Crippen LogP contribution is 2.37. The van der Waals surface area contributed by atoms with Gasteiger partial charge in [-0.2, -0.15) is 0 Å². The van der Waals surface area contributed by atoms with E-state index in [1.807, 2.05) is 30.3 Å². The summed E-state index contributed by atoms with van der Waals surface area (Å²) in [7, 11) is 1.49. The molecule has 2 aromatic rings. The van der Waals surface area contributed by atoms with Crippen LogP contribution in [0.25, 0.3) is 0 Å². The van der Waals surface area contributed by atoms with Crippen LogP contribution in [0.15, 0.2) is 48.5 Å². The maximum Gasteiger partial charge on any atom is 0.573 e. The SMILES string of the molecule is COc1ccc(OC(F)(F)F)cc1C[C@@]1(c2ccccc2)NCCC[C@@H]1N. The van der Waals surface area contributed by atoms with Gasteiger partial charge in [-0.15, -0.1) is 13.2 Å². The Morgan fingerprint density at radius 1 is 1.19 bits per heavy atom. The number of piperidine rings is 1. The number of nitrogens with one attached hydrogen (secondary N) is 1. The number of nitrogens with two attached hydrogens (primary N) is 1. The van der Waals surface area contributed by atoms with Crippen LogP contribution < -0.4 is 20.5 Å². The van der Waals surface area contributed by atoms with E-state index in [1.54, 1.807) is 0 Å². The minimum absolute atomic E-state index is 0.189. The average molecular weight is 380 g/mol. The second-order valence-electron chi connectivity index (χ2n) is 6.71. The summed E-state index contributed by atoms with van der Waals surface area (Å²) in [6.07, 6.45) is -2.59. The molecule has 0 unspecified atom stereocenters. The molecule has 0 spiro atoms. The van der Waals surface area contributed by atoms with Crippen molar-refractivity contribution in [1.29, 1.82) is 0 Å². The Balaban J connectivity index is 2.02. The lowest BCUT2D eigenvalue weighted by molar-refractivity contribution is -0.274. The molecule has 0 saturated carbocycles. The summed E-state index contributed by atoms with van der Waals surface area (Å²) in [5, 5.41) is 3.52. The van der Waals surface area contributed by atoms with Gasteiger partial charge in [-0.3, -0.25) is 0 Å². The summed E-state index contributed by atoms with van der Waals surface area (Å²) in [4.78, 5) is 0. The molecule has 0 radical (unpaired) electrons. The molecule has 27 heavy (non-hydrogen) atoms. The molecule has 3 N–H and O–H groups in total. The number of halogens is 3. The summed E-state index contributed by atoms with van der Waals surface area (Å²) in [6.45, 7) is 0.781. The fraction of sp³-hybridized carbons (Fsp3) is 0.400. The quantitative estimate of drug-likeness (QED) is 0.830. The average Bonchev–Trinajstić information content (AvgIpc) is 2.63. The van der Waals surface area contributed by atoms with Crippen molar-refractivity contribution in [2.75, 3.05) is 13.7 Å². The van der Waals surface area contributed by atoms with Gasteiger partial charge in [0.25, 0.3) is 0 Å². The van der Waals surface area contributed by atoms with Crippen LogP contribution in [-0.4, -0.2) is 26.1 Å². The predicted octanol–water partition coefficient (Wildman–Crippen LogP) is 3.74. The van der Waals surface area contributed by atoms with Crippen LogP contribution in [0.4, 0.5) is 13.2 Å². The van der Waals surface area contributed by atoms with Crippen LogP contribution in [0.2, 0.25) is 0 Å². The Kier molecular flexibility index (Phi) is 5.62. The summed E-state index contributed by atoms with van der Waals surface area (Å²) in [5.74, 6) is 0.227. The van der Waals surface area contributed by atoms with E-state index in [0.29, 0.717) is 17.7 Å². The standard InChI is InChI=1S/C20H23F3N2O2/c1-26-17-10-9-16(27-20(21,22)23)12-14(17)13-19(15-6-3-2-4-7-15)18(24)8-5-11-25-19/h2-4,6-7,9-10,12,18,25H,5,8,11,13,24H2,1H3/t18-,19-/m0/s1. The number of methoxy groups -OCH3 is 1. The first-order valence-corrected chi connectivity index (χ1v) is 8.83. The Bertz CT molecular complexity index is 768. The topological polar surface area (TPSA) is 56.5 Å². The van der Waals surface area contributed by atoms with Gasteiger partial charge in [-0.1, -0.05) is 30.3 Å². The van der Waals surface area contributed by atoms with E-state index in [1.165, 1.54) is 25.3 Å². The highest BCUT2D eigenvalue weighted by Gasteiger charge is 2.41. The summed E-state index contributed by atoms with van der Waals surface area (Å²) < 4.78 is 47.4. The normalized spacial score (nSPS) is 23.1. The Morgan fingerprint density at radius 3 is 2.56 bits per heavy atom. The van der Waals surface area contributed by atoms with Crippen LogP contribution in [0.5, 0.6) is 11.5 Å². The van der Waals surface area contributed by atoms with Crippen LogP contribution in [0.3, 0.4) is 0 Å². The van der Waals surface area contributed by atoms with E-state index < -0.39 is 11.9 Å². The van der Waals surface area contributed by atoms with Crippen molar-refractivity contribution in [3.8, 4) is 11.5 Å². The van der Waals surface area contributed by atoms with Crippen LogP contribution >= 0.6 is 0 Å². The number of hydrogen-bond acceptors (Lipinski definition) is 4. The van der Waals surface area contributed by atoms with E-state index in [0.717, 1.165) is 24.9 Å². The summed E-state index contributed by atoms with van der Waals surface area (Å²) in [5.41, 5.74) is 7.52. The number of hydrogen-bond donors (Lipinski definition) is 2. The molecule has 1 aliphatic rings. The predicted molar refractivity (Wildman–Crippen MR) is 96.7 cm³/mol. The van der Waals surface area contributed by atoms with Crippen molar-refractivity contribution in [3.05, 3.63) is 59.7 Å². The van der Waals surface area contributed by atoms with E-state index in [-0.39, 0.29) is 11.8 Å². The first-order chi connectivity index (χ1) is 12.8. The van der Waals surface area contributed by atoms with E-state index in [9.17, 15) is 13.2 Å². The molecule has 0 bridgehead atoms. The van der Waals surface area contributed by atoms with E-state index >= 15 is 0 Å². The molecule has 0 amide bonds. The molecule has 1 heterocycles. The third kappa shape index (κ3) is 4.36. The zero-order valence-corrected chi connectivity index (χ0v) is 15.1. The van der Waals surface area contributed by atoms with Crippen LogP contribution in [-0.2, 0) is 12.0 Å². The minimum atomic E-state index is -4.75. The van der Waals surface area contributed by atoms with Crippen molar-refractivity contribution in [2.45, 2.75) is 37.2 Å². The molecule has 4 nitrogen and oxygen atoms in total. The first-order valence-electron chi connectivity index (χ1n) is 8.83. The molecule has 1 fully saturated rings. The summed E-state index contributed by atoms with van der Waals surface area (Å²) in [6, 6.07) is 13.7. The fourth-order valence-electron chi connectivity index (χ4n) is 3.75. The molecule has 2 atom stereocenters. The Morgan fingerprint density at radius 2 is 1.93 bits per heavy atom. The van der Waals surface area contributed by atoms with Crippen LogP contribution in [0, 0.1) is 0 Å². The molecule has 1 saturated heterocycles. The van der Waals surface area contributed by atoms with Crippen molar-refractivity contribution < 1.29 is 22.6 Å². The maximum atomic E-state index is 12.6. The van der Waals surface area contributed by atoms with Gasteiger partial charge in [0.15, 0.2) is 0 Å². The zero-order chi connectivity index (χ0) is 19.5. The molecule has 0 aliphatic carbocycles. The molecular weight excluding hydrogens is 357 g/mol. The van der Waals surface area contributed by atoms with Gasteiger partial charge in [-0.05, 0) is 43.1 Å². The van der Waals surface area contributed by atoms with Gasteiger partial charge in [0.05, 0.1) is 12.6 Å². The third-order valence-electron chi connectivity index (χ3n) is 5.01. The molecule has 146 valence electrons. The van der Waals surface area contributed by atoms with Crippen molar-refractivity contribution >= 4 is 0 Å². The number of ether oxygens (including phenoxy) is 2. The molecular formula is C20H23F3N2O2. The fourth-order valence-corrected chi connectivity index (χ4v) is 3.75. The van der Waals surface area contributed by atoms with E-state index in [2.05, 4.69) is 10.1 Å². The molecule has 0 aromatic heterocycles.